The number of hydrogen-bond donors (Lipinski definition) is 1. The summed E-state index contributed by atoms with van der Waals surface area (Å²) in [6, 6.07) is 10.3. The number of aromatic nitrogens is 2. The van der Waals surface area contributed by atoms with Crippen LogP contribution >= 0.6 is 0 Å². The molecular weight excluding hydrogens is 264 g/mol. The van der Waals surface area contributed by atoms with Crippen LogP contribution in [-0.4, -0.2) is 34.2 Å². The van der Waals surface area contributed by atoms with Gasteiger partial charge >= 0.3 is 0 Å². The summed E-state index contributed by atoms with van der Waals surface area (Å²) in [4.78, 5) is 6.92. The minimum atomic E-state index is 0.380. The number of hydrogen-bond acceptors (Lipinski definition) is 5. The molecule has 0 radical (unpaired) electrons. The fourth-order valence-electron chi connectivity index (χ4n) is 3.75. The van der Waals surface area contributed by atoms with Crippen LogP contribution in [0.4, 0.5) is 0 Å². The van der Waals surface area contributed by atoms with Crippen molar-refractivity contribution in [1.29, 1.82) is 0 Å². The molecule has 5 nitrogen and oxygen atoms in total. The molecule has 0 bridgehead atoms. The third-order valence-corrected chi connectivity index (χ3v) is 4.84. The van der Waals surface area contributed by atoms with E-state index in [2.05, 4.69) is 15.0 Å². The first-order valence-corrected chi connectivity index (χ1v) is 7.65. The van der Waals surface area contributed by atoms with Crippen molar-refractivity contribution >= 4 is 0 Å². The van der Waals surface area contributed by atoms with E-state index in [1.54, 1.807) is 0 Å². The molecule has 1 aliphatic carbocycles. The first-order valence-electron chi connectivity index (χ1n) is 7.65. The zero-order chi connectivity index (χ0) is 14.2. The van der Waals surface area contributed by atoms with Gasteiger partial charge in [0.25, 0.3) is 5.89 Å². The number of likely N-dealkylation sites (tertiary alicyclic amines) is 1. The second-order valence-electron chi connectivity index (χ2n) is 6.24. The van der Waals surface area contributed by atoms with Crippen molar-refractivity contribution in [2.75, 3.05) is 13.1 Å². The quantitative estimate of drug-likeness (QED) is 0.932. The maximum absolute atomic E-state index is 6.18. The van der Waals surface area contributed by atoms with E-state index in [0.717, 1.165) is 36.9 Å². The lowest BCUT2D eigenvalue weighted by Gasteiger charge is -2.16. The molecule has 1 saturated heterocycles. The molecule has 0 amide bonds. The second-order valence-corrected chi connectivity index (χ2v) is 6.24. The Morgan fingerprint density at radius 1 is 1.19 bits per heavy atom. The first kappa shape index (κ1) is 13.0. The highest BCUT2D eigenvalue weighted by Crippen LogP contribution is 2.37. The van der Waals surface area contributed by atoms with Gasteiger partial charge in [0.05, 0.1) is 6.54 Å². The molecular formula is C16H20N4O. The van der Waals surface area contributed by atoms with E-state index in [4.69, 9.17) is 10.3 Å². The van der Waals surface area contributed by atoms with Crippen molar-refractivity contribution in [2.24, 2.45) is 17.6 Å². The minimum Gasteiger partial charge on any atom is -0.334 e. The Morgan fingerprint density at radius 2 is 2.05 bits per heavy atom. The first-order chi connectivity index (χ1) is 10.3. The Bertz CT molecular complexity index is 612. The molecule has 4 rings (SSSR count). The van der Waals surface area contributed by atoms with Gasteiger partial charge in [0.2, 0.25) is 0 Å². The Labute approximate surface area is 124 Å². The number of benzene rings is 1. The average molecular weight is 284 g/mol. The highest BCUT2D eigenvalue weighted by atomic mass is 16.5. The van der Waals surface area contributed by atoms with Gasteiger partial charge in [0.15, 0.2) is 5.82 Å². The Hall–Kier alpha value is -1.72. The van der Waals surface area contributed by atoms with Gasteiger partial charge in [0.1, 0.15) is 0 Å². The van der Waals surface area contributed by atoms with Gasteiger partial charge in [0, 0.05) is 24.7 Å². The molecule has 0 spiro atoms. The fraction of sp³-hybridized carbons (Fsp3) is 0.500. The maximum atomic E-state index is 6.18. The number of nitrogens with two attached hydrogens (primary N) is 1. The molecule has 1 saturated carbocycles. The SMILES string of the molecule is NC1CCC2CN(Cc3noc(-c4ccccc4)n3)CC12. The Morgan fingerprint density at radius 3 is 2.86 bits per heavy atom. The van der Waals surface area contributed by atoms with Gasteiger partial charge < -0.3 is 10.3 Å². The molecule has 21 heavy (non-hydrogen) atoms. The summed E-state index contributed by atoms with van der Waals surface area (Å²) >= 11 is 0. The molecule has 3 atom stereocenters. The van der Waals surface area contributed by atoms with E-state index >= 15 is 0 Å². The van der Waals surface area contributed by atoms with Crippen LogP contribution in [0.1, 0.15) is 18.7 Å². The third kappa shape index (κ3) is 2.47. The summed E-state index contributed by atoms with van der Waals surface area (Å²) in [5.41, 5.74) is 7.15. The normalized spacial score (nSPS) is 28.9. The van der Waals surface area contributed by atoms with Gasteiger partial charge in [-0.25, -0.2) is 0 Å². The summed E-state index contributed by atoms with van der Waals surface area (Å²) < 4.78 is 5.36. The lowest BCUT2D eigenvalue weighted by Crippen LogP contribution is -2.30. The topological polar surface area (TPSA) is 68.2 Å². The number of fused-ring (bicyclic) bond motifs is 1. The fourth-order valence-corrected chi connectivity index (χ4v) is 3.75. The highest BCUT2D eigenvalue weighted by molar-refractivity contribution is 5.51. The predicted molar refractivity (Wildman–Crippen MR) is 79.2 cm³/mol. The van der Waals surface area contributed by atoms with Crippen molar-refractivity contribution in [3.8, 4) is 11.5 Å². The van der Waals surface area contributed by atoms with E-state index in [0.29, 0.717) is 17.9 Å². The largest absolute Gasteiger partial charge is 0.334 e. The molecule has 2 fully saturated rings. The maximum Gasteiger partial charge on any atom is 0.257 e. The molecule has 2 aliphatic rings. The average Bonchev–Trinajstić information content (AvgIpc) is 3.19. The van der Waals surface area contributed by atoms with Crippen molar-refractivity contribution in [2.45, 2.75) is 25.4 Å². The van der Waals surface area contributed by atoms with Crippen LogP contribution in [-0.2, 0) is 6.54 Å². The number of nitrogens with zero attached hydrogens (tertiary/aromatic N) is 3. The Balaban J connectivity index is 1.44. The molecule has 1 aliphatic heterocycles. The lowest BCUT2D eigenvalue weighted by atomic mass is 9.98. The Kier molecular flexibility index (Phi) is 3.24. The van der Waals surface area contributed by atoms with Crippen LogP contribution < -0.4 is 5.73 Å². The highest BCUT2D eigenvalue weighted by Gasteiger charge is 2.41. The van der Waals surface area contributed by atoms with Crippen LogP contribution in [0.25, 0.3) is 11.5 Å². The van der Waals surface area contributed by atoms with Crippen LogP contribution in [0, 0.1) is 11.8 Å². The van der Waals surface area contributed by atoms with Crippen LogP contribution in [0.2, 0.25) is 0 Å². The predicted octanol–water partition coefficient (Wildman–Crippen LogP) is 1.91. The van der Waals surface area contributed by atoms with Crippen molar-refractivity contribution in [3.63, 3.8) is 0 Å². The molecule has 2 N–H and O–H groups in total. The molecule has 1 aromatic carbocycles. The van der Waals surface area contributed by atoms with Gasteiger partial charge in [-0.05, 0) is 36.8 Å². The van der Waals surface area contributed by atoms with E-state index in [1.807, 2.05) is 30.3 Å². The monoisotopic (exact) mass is 284 g/mol. The van der Waals surface area contributed by atoms with Gasteiger partial charge in [-0.1, -0.05) is 23.4 Å². The van der Waals surface area contributed by atoms with Gasteiger partial charge in [-0.3, -0.25) is 4.90 Å². The molecule has 5 heteroatoms. The summed E-state index contributed by atoms with van der Waals surface area (Å²) in [7, 11) is 0. The summed E-state index contributed by atoms with van der Waals surface area (Å²) in [5.74, 6) is 2.79. The standard InChI is InChI=1S/C16H20N4O/c17-14-7-6-12-8-20(9-13(12)14)10-15-18-16(21-19-15)11-4-2-1-3-5-11/h1-5,12-14H,6-10,17H2. The molecule has 110 valence electrons. The molecule has 3 unspecified atom stereocenters. The van der Waals surface area contributed by atoms with Crippen LogP contribution in [0.15, 0.2) is 34.9 Å². The van der Waals surface area contributed by atoms with E-state index in [-0.39, 0.29) is 0 Å². The van der Waals surface area contributed by atoms with E-state index in [1.165, 1.54) is 12.8 Å². The van der Waals surface area contributed by atoms with Gasteiger partial charge in [-0.2, -0.15) is 4.98 Å². The second kappa shape index (κ2) is 5.24. The van der Waals surface area contributed by atoms with Gasteiger partial charge in [-0.15, -0.1) is 0 Å². The zero-order valence-corrected chi connectivity index (χ0v) is 12.0. The smallest absolute Gasteiger partial charge is 0.257 e. The molecule has 2 aromatic rings. The molecule has 2 heterocycles. The summed E-state index contributed by atoms with van der Waals surface area (Å²) in [5, 5.41) is 4.11. The van der Waals surface area contributed by atoms with E-state index < -0.39 is 0 Å². The third-order valence-electron chi connectivity index (χ3n) is 4.84. The van der Waals surface area contributed by atoms with Crippen molar-refractivity contribution in [1.82, 2.24) is 15.0 Å². The number of rotatable bonds is 3. The van der Waals surface area contributed by atoms with Crippen LogP contribution in [0.5, 0.6) is 0 Å². The van der Waals surface area contributed by atoms with Crippen LogP contribution in [0.3, 0.4) is 0 Å². The van der Waals surface area contributed by atoms with Crippen molar-refractivity contribution in [3.05, 3.63) is 36.2 Å². The zero-order valence-electron chi connectivity index (χ0n) is 12.0. The molecule has 1 aromatic heterocycles. The summed E-state index contributed by atoms with van der Waals surface area (Å²) in [6.45, 7) is 2.95. The summed E-state index contributed by atoms with van der Waals surface area (Å²) in [6.07, 6.45) is 2.45. The minimum absolute atomic E-state index is 0.380. The van der Waals surface area contributed by atoms with Crippen molar-refractivity contribution < 1.29 is 4.52 Å². The lowest BCUT2D eigenvalue weighted by molar-refractivity contribution is 0.284. The van der Waals surface area contributed by atoms with E-state index in [9.17, 15) is 0 Å².